The third-order valence-corrected chi connectivity index (χ3v) is 0.427. The number of hydrogen-bond donors (Lipinski definition) is 0. The van der Waals surface area contributed by atoms with Crippen LogP contribution in [0.3, 0.4) is 0 Å². The van der Waals surface area contributed by atoms with Gasteiger partial charge in [-0.1, -0.05) is 0 Å². The van der Waals surface area contributed by atoms with Gasteiger partial charge in [0.25, 0.3) is 0 Å². The van der Waals surface area contributed by atoms with Gasteiger partial charge in [-0.2, -0.15) is 0 Å². The van der Waals surface area contributed by atoms with E-state index in [0.717, 1.165) is 0 Å². The molecule has 0 aliphatic heterocycles. The summed E-state index contributed by atoms with van der Waals surface area (Å²) in [5.41, 5.74) is 0. The predicted octanol–water partition coefficient (Wildman–Crippen LogP) is -10.1. The van der Waals surface area contributed by atoms with E-state index in [-0.39, 0.29) is 148 Å². The second kappa shape index (κ2) is 22.1. The molecule has 0 rings (SSSR count). The van der Waals surface area contributed by atoms with Crippen LogP contribution in [0.5, 0.6) is 0 Å². The third-order valence-electron chi connectivity index (χ3n) is 0.427. The molecule has 19 heavy (non-hydrogen) atoms. The molecule has 0 radical (unpaired) electrons. The molecule has 0 aromatic carbocycles. The van der Waals surface area contributed by atoms with Gasteiger partial charge < -0.3 is 39.6 Å². The maximum Gasteiger partial charge on any atom is 2.00 e. The van der Waals surface area contributed by atoms with Crippen molar-refractivity contribution in [2.45, 2.75) is 0 Å². The molecule has 0 atom stereocenters. The first-order chi connectivity index (χ1) is 7.25. The summed E-state index contributed by atoms with van der Waals surface area (Å²) in [4.78, 5) is 37.0. The Morgan fingerprint density at radius 1 is 0.526 bits per heavy atom. The molecule has 0 fully saturated rings. The third kappa shape index (κ3) is 45.0. The van der Waals surface area contributed by atoms with Gasteiger partial charge in [0, 0.05) is 0 Å². The number of azo groups is 2. The maximum atomic E-state index is 9.24. The predicted molar refractivity (Wildman–Crippen MR) is 37.0 cm³/mol. The van der Waals surface area contributed by atoms with E-state index in [2.05, 4.69) is 20.5 Å². The van der Waals surface area contributed by atoms with E-state index < -0.39 is 24.4 Å². The summed E-state index contributed by atoms with van der Waals surface area (Å²) >= 11 is 0. The van der Waals surface area contributed by atoms with Gasteiger partial charge in [-0.15, -0.1) is 20.5 Å². The van der Waals surface area contributed by atoms with Crippen molar-refractivity contribution in [3.8, 4) is 0 Å². The molecule has 0 unspecified atom stereocenters. The van der Waals surface area contributed by atoms with Crippen molar-refractivity contribution in [2.75, 3.05) is 0 Å². The summed E-state index contributed by atoms with van der Waals surface area (Å²) in [6, 6.07) is 0. The average molecular weight is 398 g/mol. The number of amides is 4. The normalized spacial score (nSPS) is 8.00. The van der Waals surface area contributed by atoms with E-state index in [4.69, 9.17) is 0 Å². The zero-order valence-corrected chi connectivity index (χ0v) is 19.5. The van der Waals surface area contributed by atoms with Crippen molar-refractivity contribution in [2.24, 2.45) is 20.5 Å². The van der Waals surface area contributed by atoms with Crippen LogP contribution in [-0.2, 0) is 0 Å². The fraction of sp³-hybridized carbons (Fsp3) is 0. The topological polar surface area (TPSA) is 210 Å². The van der Waals surface area contributed by atoms with Crippen LogP contribution in [0.2, 0.25) is 0 Å². The second-order valence-electron chi connectivity index (χ2n) is 1.46. The molecule has 0 bridgehead atoms. The van der Waals surface area contributed by atoms with Gasteiger partial charge >= 0.3 is 148 Å². The van der Waals surface area contributed by atoms with Crippen molar-refractivity contribution < 1.29 is 142 Å². The molecule has 0 spiro atoms. The minimum Gasteiger partial charge on any atom is -0.527 e. The van der Waals surface area contributed by atoms with Crippen LogP contribution in [0.25, 0.3) is 0 Å². The van der Waals surface area contributed by atoms with Gasteiger partial charge in [-0.05, 0) is 0 Å². The zero-order chi connectivity index (χ0) is 13.1. The molecule has 12 nitrogen and oxygen atoms in total. The van der Waals surface area contributed by atoms with Crippen LogP contribution in [0, 0.1) is 0 Å². The Hall–Kier alpha value is 1.83. The van der Waals surface area contributed by atoms with E-state index in [0.29, 0.717) is 0 Å². The molecule has 4 amide bonds. The van der Waals surface area contributed by atoms with E-state index in [1.165, 1.54) is 0 Å². The minimum absolute atomic E-state index is 0. The largest absolute Gasteiger partial charge is 2.00 e. The van der Waals surface area contributed by atoms with Crippen LogP contribution in [-0.4, -0.2) is 69.9 Å². The SMILES string of the molecule is O=C([O-])N=NC(=O)[O-].O=C([O-])N=NC(=O)[O-].[K+].[K+].[Sr+2]. The fourth-order valence-electron chi connectivity index (χ4n) is 0.163. The van der Waals surface area contributed by atoms with Crippen LogP contribution in [0.15, 0.2) is 20.5 Å². The van der Waals surface area contributed by atoms with Gasteiger partial charge in [-0.25, -0.2) is 0 Å². The summed E-state index contributed by atoms with van der Waals surface area (Å²) in [7, 11) is 0. The first-order valence-electron chi connectivity index (χ1n) is 2.93. The molecular formula is C4K2N4O8Sr. The van der Waals surface area contributed by atoms with Crippen molar-refractivity contribution in [1.29, 1.82) is 0 Å². The molecule has 0 heterocycles. The molecule has 0 aliphatic carbocycles. The van der Waals surface area contributed by atoms with Crippen molar-refractivity contribution in [3.05, 3.63) is 0 Å². The smallest absolute Gasteiger partial charge is 0.527 e. The molecule has 0 aromatic heterocycles. The Labute approximate surface area is 227 Å². The number of hydrogen-bond acceptors (Lipinski definition) is 8. The Balaban J connectivity index is -0.0000000594. The Bertz CT molecular complexity index is 295. The first kappa shape index (κ1) is 32.7. The van der Waals surface area contributed by atoms with E-state index in [9.17, 15) is 39.6 Å². The van der Waals surface area contributed by atoms with Crippen molar-refractivity contribution in [3.63, 3.8) is 0 Å². The monoisotopic (exact) mass is 398 g/mol. The summed E-state index contributed by atoms with van der Waals surface area (Å²) < 4.78 is 0. The summed E-state index contributed by atoms with van der Waals surface area (Å²) in [6.45, 7) is 0. The van der Waals surface area contributed by atoms with Crippen molar-refractivity contribution in [1.82, 2.24) is 0 Å². The quantitative estimate of drug-likeness (QED) is 0.282. The average Bonchev–Trinajstić information content (AvgIpc) is 2.12. The fourth-order valence-corrected chi connectivity index (χ4v) is 0.163. The molecule has 15 heteroatoms. The minimum atomic E-state index is -1.91. The Kier molecular flexibility index (Phi) is 38.1. The van der Waals surface area contributed by atoms with E-state index in [1.54, 1.807) is 0 Å². The first-order valence-corrected chi connectivity index (χ1v) is 2.93. The maximum absolute atomic E-state index is 9.24. The van der Waals surface area contributed by atoms with Crippen LogP contribution >= 0.6 is 0 Å². The summed E-state index contributed by atoms with van der Waals surface area (Å²) in [6.07, 6.45) is -7.63. The van der Waals surface area contributed by atoms with Crippen LogP contribution in [0.4, 0.5) is 19.2 Å². The van der Waals surface area contributed by atoms with Gasteiger partial charge in [0.2, 0.25) is 0 Å². The molecule has 0 aromatic rings. The van der Waals surface area contributed by atoms with Gasteiger partial charge in [0.05, 0.1) is 0 Å². The standard InChI is InChI=1S/2C2H2N2O4.2K.Sr/c2*5-1(6)3-4-2(7)8;;;/h2*(H,5,6)(H,7,8);;;/q;;2*+1;+2/p-4. The van der Waals surface area contributed by atoms with Crippen LogP contribution in [0.1, 0.15) is 0 Å². The molecule has 0 N–H and O–H groups in total. The number of nitrogens with zero attached hydrogens (tertiary/aromatic N) is 4. The second-order valence-corrected chi connectivity index (χ2v) is 1.46. The number of rotatable bonds is 0. The van der Waals surface area contributed by atoms with E-state index >= 15 is 0 Å². The molecule has 0 saturated heterocycles. The zero-order valence-electron chi connectivity index (χ0n) is 9.76. The molecule has 88 valence electrons. The Morgan fingerprint density at radius 3 is 0.684 bits per heavy atom. The van der Waals surface area contributed by atoms with Crippen LogP contribution < -0.4 is 123 Å². The van der Waals surface area contributed by atoms with Gasteiger partial charge in [0.1, 0.15) is 0 Å². The Morgan fingerprint density at radius 2 is 0.632 bits per heavy atom. The molecular weight excluding hydrogens is 398 g/mol. The summed E-state index contributed by atoms with van der Waals surface area (Å²) in [5, 5.41) is 45.3. The van der Waals surface area contributed by atoms with E-state index in [1.807, 2.05) is 0 Å². The van der Waals surface area contributed by atoms with Gasteiger partial charge in [-0.3, -0.25) is 0 Å². The number of carbonyl (C=O) groups is 4. The summed E-state index contributed by atoms with van der Waals surface area (Å²) in [5.74, 6) is 0. The molecule has 0 aliphatic rings. The molecule has 0 saturated carbocycles. The van der Waals surface area contributed by atoms with Crippen molar-refractivity contribution >= 4 is 69.9 Å². The number of carbonyl (C=O) groups excluding carboxylic acids is 4. The van der Waals surface area contributed by atoms with Gasteiger partial charge in [0.15, 0.2) is 24.4 Å². The number of carboxylic acid groups (broad SMARTS) is 4.